The van der Waals surface area contributed by atoms with Gasteiger partial charge in [0.25, 0.3) is 0 Å². The molecule has 3 aromatic rings. The topological polar surface area (TPSA) is 40.5 Å². The highest BCUT2D eigenvalue weighted by Gasteiger charge is 2.08. The zero-order valence-corrected chi connectivity index (χ0v) is 10.9. The fourth-order valence-electron chi connectivity index (χ4n) is 1.98. The number of fused-ring (bicyclic) bond motifs is 1. The van der Waals surface area contributed by atoms with Crippen molar-refractivity contribution in [3.63, 3.8) is 0 Å². The summed E-state index contributed by atoms with van der Waals surface area (Å²) in [4.78, 5) is 1.89. The van der Waals surface area contributed by atoms with Crippen molar-refractivity contribution in [1.29, 1.82) is 0 Å². The normalized spacial score (nSPS) is 10.7. The molecule has 0 aliphatic rings. The number of hydrogen-bond acceptors (Lipinski definition) is 3. The maximum atomic E-state index is 10.3. The van der Waals surface area contributed by atoms with Gasteiger partial charge in [-0.3, -0.25) is 0 Å². The van der Waals surface area contributed by atoms with Gasteiger partial charge >= 0.3 is 0 Å². The van der Waals surface area contributed by atoms with E-state index in [0.717, 1.165) is 20.6 Å². The predicted molar refractivity (Wildman–Crippen MR) is 77.8 cm³/mol. The third-order valence-corrected chi connectivity index (χ3v) is 3.97. The van der Waals surface area contributed by atoms with Gasteiger partial charge in [-0.15, -0.1) is 0 Å². The molecule has 0 aliphatic heterocycles. The summed E-state index contributed by atoms with van der Waals surface area (Å²) in [6.07, 6.45) is 0. The van der Waals surface area contributed by atoms with Crippen molar-refractivity contribution in [3.8, 4) is 11.5 Å². The van der Waals surface area contributed by atoms with Gasteiger partial charge in [-0.05, 0) is 41.8 Å². The van der Waals surface area contributed by atoms with E-state index in [0.29, 0.717) is 0 Å². The second kappa shape index (κ2) is 4.86. The third kappa shape index (κ3) is 2.37. The molecule has 0 bridgehead atoms. The highest BCUT2D eigenvalue weighted by molar-refractivity contribution is 7.99. The lowest BCUT2D eigenvalue weighted by Crippen LogP contribution is -1.79. The van der Waals surface area contributed by atoms with Crippen LogP contribution in [0.15, 0.2) is 70.5 Å². The summed E-state index contributed by atoms with van der Waals surface area (Å²) in [6.45, 7) is 0. The molecule has 0 atom stereocenters. The van der Waals surface area contributed by atoms with Crippen molar-refractivity contribution < 1.29 is 10.2 Å². The quantitative estimate of drug-likeness (QED) is 0.723. The minimum absolute atomic E-state index is 0.204. The maximum absolute atomic E-state index is 10.3. The van der Waals surface area contributed by atoms with Crippen LogP contribution in [0, 0.1) is 0 Å². The smallest absolute Gasteiger partial charge is 0.137 e. The van der Waals surface area contributed by atoms with Crippen molar-refractivity contribution in [3.05, 3.63) is 60.7 Å². The van der Waals surface area contributed by atoms with Crippen LogP contribution < -0.4 is 0 Å². The van der Waals surface area contributed by atoms with Crippen LogP contribution in [0.25, 0.3) is 10.8 Å². The van der Waals surface area contributed by atoms with Gasteiger partial charge in [0, 0.05) is 10.3 Å². The summed E-state index contributed by atoms with van der Waals surface area (Å²) in [6, 6.07) is 18.6. The lowest BCUT2D eigenvalue weighted by atomic mass is 10.1. The number of aromatic hydroxyl groups is 2. The number of benzene rings is 3. The molecule has 19 heavy (non-hydrogen) atoms. The van der Waals surface area contributed by atoms with E-state index in [1.54, 1.807) is 18.2 Å². The van der Waals surface area contributed by atoms with Crippen LogP contribution >= 0.6 is 11.8 Å². The molecular weight excluding hydrogens is 256 g/mol. The molecular formula is C16H12O2S. The second-order valence-corrected chi connectivity index (χ2v) is 5.35. The number of rotatable bonds is 2. The molecule has 0 radical (unpaired) electrons. The van der Waals surface area contributed by atoms with E-state index in [1.165, 1.54) is 11.8 Å². The van der Waals surface area contributed by atoms with Crippen LogP contribution in [-0.4, -0.2) is 10.2 Å². The zero-order chi connectivity index (χ0) is 13.2. The molecule has 0 saturated heterocycles. The van der Waals surface area contributed by atoms with Crippen LogP contribution in [0.2, 0.25) is 0 Å². The molecule has 2 nitrogen and oxygen atoms in total. The average Bonchev–Trinajstić information content (AvgIpc) is 2.43. The molecule has 0 heterocycles. The summed E-state index contributed by atoms with van der Waals surface area (Å²) in [5, 5.41) is 21.3. The molecule has 0 aliphatic carbocycles. The highest BCUT2D eigenvalue weighted by atomic mass is 32.2. The minimum atomic E-state index is 0.204. The van der Waals surface area contributed by atoms with E-state index >= 15 is 0 Å². The van der Waals surface area contributed by atoms with Crippen molar-refractivity contribution in [2.24, 2.45) is 0 Å². The van der Waals surface area contributed by atoms with Crippen LogP contribution in [-0.2, 0) is 0 Å². The molecule has 0 amide bonds. The van der Waals surface area contributed by atoms with Gasteiger partial charge in [0.15, 0.2) is 0 Å². The van der Waals surface area contributed by atoms with Crippen molar-refractivity contribution >= 4 is 22.5 Å². The summed E-state index contributed by atoms with van der Waals surface area (Å²) in [5.41, 5.74) is 0. The number of phenols is 2. The Hall–Kier alpha value is -2.13. The Morgan fingerprint density at radius 2 is 1.58 bits per heavy atom. The van der Waals surface area contributed by atoms with Gasteiger partial charge in [0.05, 0.1) is 4.90 Å². The van der Waals surface area contributed by atoms with Gasteiger partial charge < -0.3 is 10.2 Å². The van der Waals surface area contributed by atoms with Crippen LogP contribution in [0.3, 0.4) is 0 Å². The molecule has 0 fully saturated rings. The monoisotopic (exact) mass is 268 g/mol. The SMILES string of the molecule is Oc1ccc2c(O)c(Sc3ccccc3)ccc2c1. The third-order valence-electron chi connectivity index (χ3n) is 2.91. The Kier molecular flexibility index (Phi) is 3.05. The summed E-state index contributed by atoms with van der Waals surface area (Å²) in [7, 11) is 0. The lowest BCUT2D eigenvalue weighted by molar-refractivity contribution is 0.468. The fourth-order valence-corrected chi connectivity index (χ4v) is 2.87. The van der Waals surface area contributed by atoms with Crippen molar-refractivity contribution in [2.45, 2.75) is 9.79 Å². The molecule has 3 rings (SSSR count). The van der Waals surface area contributed by atoms with Gasteiger partial charge in [-0.2, -0.15) is 0 Å². The molecule has 0 aromatic heterocycles. The van der Waals surface area contributed by atoms with E-state index in [-0.39, 0.29) is 11.5 Å². The molecule has 0 spiro atoms. The van der Waals surface area contributed by atoms with E-state index in [9.17, 15) is 10.2 Å². The van der Waals surface area contributed by atoms with Crippen LogP contribution in [0.4, 0.5) is 0 Å². The minimum Gasteiger partial charge on any atom is -0.508 e. The standard InChI is InChI=1S/C16H12O2S/c17-12-7-8-14-11(10-12)6-9-15(16(14)18)19-13-4-2-1-3-5-13/h1-10,17-18H. The maximum Gasteiger partial charge on any atom is 0.137 e. The van der Waals surface area contributed by atoms with Crippen LogP contribution in [0.1, 0.15) is 0 Å². The Bertz CT molecular complexity index is 723. The Morgan fingerprint density at radius 3 is 2.37 bits per heavy atom. The average molecular weight is 268 g/mol. The second-order valence-electron chi connectivity index (χ2n) is 4.23. The van der Waals surface area contributed by atoms with E-state index in [1.807, 2.05) is 42.5 Å². The largest absolute Gasteiger partial charge is 0.508 e. The number of hydrogen-bond donors (Lipinski definition) is 2. The molecule has 2 N–H and O–H groups in total. The zero-order valence-electron chi connectivity index (χ0n) is 10.1. The van der Waals surface area contributed by atoms with Gasteiger partial charge in [0.2, 0.25) is 0 Å². The first-order valence-corrected chi connectivity index (χ1v) is 6.73. The van der Waals surface area contributed by atoms with E-state index in [2.05, 4.69) is 0 Å². The first-order valence-electron chi connectivity index (χ1n) is 5.91. The van der Waals surface area contributed by atoms with Gasteiger partial charge in [-0.25, -0.2) is 0 Å². The lowest BCUT2D eigenvalue weighted by Gasteiger charge is -2.08. The van der Waals surface area contributed by atoms with Crippen molar-refractivity contribution in [2.75, 3.05) is 0 Å². The van der Waals surface area contributed by atoms with Gasteiger partial charge in [0.1, 0.15) is 11.5 Å². The van der Waals surface area contributed by atoms with Gasteiger partial charge in [-0.1, -0.05) is 36.0 Å². The molecule has 3 aromatic carbocycles. The Balaban J connectivity index is 2.06. The predicted octanol–water partition coefficient (Wildman–Crippen LogP) is 4.40. The van der Waals surface area contributed by atoms with E-state index in [4.69, 9.17) is 0 Å². The van der Waals surface area contributed by atoms with E-state index < -0.39 is 0 Å². The summed E-state index contributed by atoms with van der Waals surface area (Å²) < 4.78 is 0. The van der Waals surface area contributed by atoms with Crippen LogP contribution in [0.5, 0.6) is 11.5 Å². The Morgan fingerprint density at radius 1 is 0.789 bits per heavy atom. The van der Waals surface area contributed by atoms with Crippen molar-refractivity contribution in [1.82, 2.24) is 0 Å². The first kappa shape index (κ1) is 11.9. The molecule has 3 heteroatoms. The summed E-state index contributed by atoms with van der Waals surface area (Å²) >= 11 is 1.52. The first-order chi connectivity index (χ1) is 9.24. The Labute approximate surface area is 115 Å². The number of phenolic OH excluding ortho intramolecular Hbond substituents is 2. The molecule has 0 unspecified atom stereocenters. The fraction of sp³-hybridized carbons (Fsp3) is 0. The molecule has 94 valence electrons. The highest BCUT2D eigenvalue weighted by Crippen LogP contribution is 2.39. The molecule has 0 saturated carbocycles. The summed E-state index contributed by atoms with van der Waals surface area (Å²) in [5.74, 6) is 0.460.